The van der Waals surface area contributed by atoms with Gasteiger partial charge in [0.25, 0.3) is 0 Å². The fourth-order valence-electron chi connectivity index (χ4n) is 3.51. The summed E-state index contributed by atoms with van der Waals surface area (Å²) in [4.78, 5) is 2.39. The summed E-state index contributed by atoms with van der Waals surface area (Å²) in [5.41, 5.74) is 2.23. The number of benzene rings is 2. The Bertz CT molecular complexity index is 782. The first kappa shape index (κ1) is 18.7. The van der Waals surface area contributed by atoms with Crippen LogP contribution in [-0.4, -0.2) is 44.5 Å². The maximum Gasteiger partial charge on any atom is 0.231 e. The van der Waals surface area contributed by atoms with Crippen LogP contribution in [-0.2, 0) is 11.3 Å². The van der Waals surface area contributed by atoms with Crippen LogP contribution in [0.1, 0.15) is 17.2 Å². The molecular weight excluding hydrogens is 415 g/mol. The van der Waals surface area contributed by atoms with Crippen LogP contribution in [0, 0.1) is 5.82 Å². The van der Waals surface area contributed by atoms with E-state index in [2.05, 4.69) is 26.1 Å². The van der Waals surface area contributed by atoms with Crippen LogP contribution in [0.25, 0.3) is 0 Å². The highest BCUT2D eigenvalue weighted by Gasteiger charge is 2.23. The summed E-state index contributed by atoms with van der Waals surface area (Å²) in [6, 6.07) is 11.0. The molecule has 2 aliphatic heterocycles. The van der Waals surface area contributed by atoms with E-state index >= 15 is 0 Å². The Balaban J connectivity index is 1.44. The number of fused-ring (bicyclic) bond motifs is 1. The third-order valence-electron chi connectivity index (χ3n) is 4.90. The third kappa shape index (κ3) is 4.43. The lowest BCUT2D eigenvalue weighted by atomic mass is 10.0. The van der Waals surface area contributed by atoms with Crippen LogP contribution >= 0.6 is 15.9 Å². The maximum absolute atomic E-state index is 13.3. The van der Waals surface area contributed by atoms with E-state index < -0.39 is 0 Å². The fourth-order valence-corrected chi connectivity index (χ4v) is 4.11. The van der Waals surface area contributed by atoms with Crippen molar-refractivity contribution in [3.05, 3.63) is 57.8 Å². The van der Waals surface area contributed by atoms with Gasteiger partial charge in [-0.3, -0.25) is 4.90 Å². The number of nitrogens with one attached hydrogen (secondary N) is 1. The molecule has 0 amide bonds. The Morgan fingerprint density at radius 3 is 2.67 bits per heavy atom. The lowest BCUT2D eigenvalue weighted by Gasteiger charge is -2.35. The minimum atomic E-state index is -0.211. The molecule has 7 heteroatoms. The molecule has 1 unspecified atom stereocenters. The van der Waals surface area contributed by atoms with E-state index in [0.29, 0.717) is 6.54 Å². The highest BCUT2D eigenvalue weighted by molar-refractivity contribution is 9.10. The Morgan fingerprint density at radius 2 is 1.89 bits per heavy atom. The zero-order valence-corrected chi connectivity index (χ0v) is 16.5. The number of morpholine rings is 1. The van der Waals surface area contributed by atoms with Gasteiger partial charge >= 0.3 is 0 Å². The molecule has 144 valence electrons. The molecule has 0 bridgehead atoms. The van der Waals surface area contributed by atoms with Gasteiger partial charge in [-0.2, -0.15) is 0 Å². The summed E-state index contributed by atoms with van der Waals surface area (Å²) in [6.45, 7) is 4.93. The van der Waals surface area contributed by atoms with Gasteiger partial charge in [-0.05, 0) is 51.3 Å². The topological polar surface area (TPSA) is 43.0 Å². The Kier molecular flexibility index (Phi) is 5.92. The summed E-state index contributed by atoms with van der Waals surface area (Å²) < 4.78 is 30.6. The zero-order valence-electron chi connectivity index (χ0n) is 14.9. The molecule has 5 nitrogen and oxygen atoms in total. The zero-order chi connectivity index (χ0) is 18.6. The molecule has 2 aromatic rings. The molecule has 1 N–H and O–H groups in total. The van der Waals surface area contributed by atoms with Crippen LogP contribution in [0.3, 0.4) is 0 Å². The quantitative estimate of drug-likeness (QED) is 0.750. The molecular formula is C20H22BrFN2O3. The average molecular weight is 437 g/mol. The van der Waals surface area contributed by atoms with Crippen molar-refractivity contribution in [3.63, 3.8) is 0 Å². The van der Waals surface area contributed by atoms with E-state index in [4.69, 9.17) is 14.2 Å². The minimum Gasteiger partial charge on any atom is -0.454 e. The molecule has 0 radical (unpaired) electrons. The smallest absolute Gasteiger partial charge is 0.231 e. The van der Waals surface area contributed by atoms with Crippen molar-refractivity contribution in [1.82, 2.24) is 10.2 Å². The number of rotatable bonds is 6. The summed E-state index contributed by atoms with van der Waals surface area (Å²) in [5.74, 6) is 1.32. The van der Waals surface area contributed by atoms with Crippen LogP contribution in [0.5, 0.6) is 11.5 Å². The Hall–Kier alpha value is -1.67. The molecule has 4 rings (SSSR count). The van der Waals surface area contributed by atoms with E-state index in [1.807, 2.05) is 24.3 Å². The van der Waals surface area contributed by atoms with Crippen LogP contribution < -0.4 is 14.8 Å². The number of halogens is 2. The number of nitrogens with zero attached hydrogens (tertiary/aromatic N) is 1. The van der Waals surface area contributed by atoms with Crippen molar-refractivity contribution in [2.24, 2.45) is 0 Å². The second-order valence-electron chi connectivity index (χ2n) is 6.66. The monoisotopic (exact) mass is 436 g/mol. The van der Waals surface area contributed by atoms with Gasteiger partial charge in [-0.15, -0.1) is 0 Å². The highest BCUT2D eigenvalue weighted by Crippen LogP contribution is 2.40. The van der Waals surface area contributed by atoms with Gasteiger partial charge in [-0.25, -0.2) is 4.39 Å². The predicted molar refractivity (Wildman–Crippen MR) is 104 cm³/mol. The van der Waals surface area contributed by atoms with E-state index in [1.54, 1.807) is 0 Å². The second-order valence-corrected chi connectivity index (χ2v) is 7.51. The molecule has 27 heavy (non-hydrogen) atoms. The molecule has 2 heterocycles. The Morgan fingerprint density at radius 1 is 1.11 bits per heavy atom. The lowest BCUT2D eigenvalue weighted by molar-refractivity contribution is 0.0161. The molecule has 0 spiro atoms. The third-order valence-corrected chi connectivity index (χ3v) is 5.48. The van der Waals surface area contributed by atoms with Crippen molar-refractivity contribution in [1.29, 1.82) is 0 Å². The van der Waals surface area contributed by atoms with E-state index in [9.17, 15) is 4.39 Å². The molecule has 1 saturated heterocycles. The van der Waals surface area contributed by atoms with Crippen LogP contribution in [0.15, 0.2) is 40.9 Å². The number of ether oxygens (including phenoxy) is 3. The normalized spacial score (nSPS) is 17.9. The van der Waals surface area contributed by atoms with Crippen LogP contribution in [0.2, 0.25) is 0 Å². The lowest BCUT2D eigenvalue weighted by Crippen LogP contribution is -2.42. The van der Waals surface area contributed by atoms with Crippen molar-refractivity contribution in [2.45, 2.75) is 12.6 Å². The number of hydrogen-bond acceptors (Lipinski definition) is 5. The predicted octanol–water partition coefficient (Wildman–Crippen LogP) is 3.48. The van der Waals surface area contributed by atoms with Gasteiger partial charge in [0.15, 0.2) is 11.5 Å². The summed E-state index contributed by atoms with van der Waals surface area (Å²) in [5, 5.41) is 3.54. The van der Waals surface area contributed by atoms with Crippen molar-refractivity contribution in [3.8, 4) is 11.5 Å². The molecule has 1 fully saturated rings. The van der Waals surface area contributed by atoms with E-state index in [1.165, 1.54) is 12.1 Å². The highest BCUT2D eigenvalue weighted by atomic mass is 79.9. The van der Waals surface area contributed by atoms with Gasteiger partial charge in [0.05, 0.1) is 17.7 Å². The molecule has 2 aliphatic rings. The molecule has 0 saturated carbocycles. The number of hydrogen-bond donors (Lipinski definition) is 1. The molecule has 1 atom stereocenters. The van der Waals surface area contributed by atoms with Crippen LogP contribution in [0.4, 0.5) is 4.39 Å². The van der Waals surface area contributed by atoms with Crippen molar-refractivity contribution in [2.75, 3.05) is 39.6 Å². The maximum atomic E-state index is 13.3. The van der Waals surface area contributed by atoms with Gasteiger partial charge < -0.3 is 19.5 Å². The Labute approximate surface area is 166 Å². The van der Waals surface area contributed by atoms with E-state index in [-0.39, 0.29) is 18.7 Å². The standard InChI is InChI=1S/C20H22BrFN2O3/c21-17-9-14(10-19-20(17)27-13-26-19)11-23-12-18(24-5-7-25-8-6-24)15-1-3-16(22)4-2-15/h1-4,9-10,18,23H,5-8,11-13H2. The summed E-state index contributed by atoms with van der Waals surface area (Å²) in [7, 11) is 0. The second kappa shape index (κ2) is 8.56. The van der Waals surface area contributed by atoms with E-state index in [0.717, 1.165) is 59.9 Å². The average Bonchev–Trinajstić information content (AvgIpc) is 3.16. The van der Waals surface area contributed by atoms with Gasteiger partial charge in [0, 0.05) is 32.2 Å². The van der Waals surface area contributed by atoms with Gasteiger partial charge in [0.1, 0.15) is 5.82 Å². The molecule has 0 aliphatic carbocycles. The largest absolute Gasteiger partial charge is 0.454 e. The molecule has 2 aromatic carbocycles. The summed E-state index contributed by atoms with van der Waals surface area (Å²) in [6.07, 6.45) is 0. The summed E-state index contributed by atoms with van der Waals surface area (Å²) >= 11 is 3.53. The van der Waals surface area contributed by atoms with Crippen molar-refractivity contribution < 1.29 is 18.6 Å². The molecule has 0 aromatic heterocycles. The first-order chi connectivity index (χ1) is 13.2. The first-order valence-electron chi connectivity index (χ1n) is 9.07. The van der Waals surface area contributed by atoms with Crippen molar-refractivity contribution >= 4 is 15.9 Å². The SMILES string of the molecule is Fc1ccc(C(CNCc2cc(Br)c3c(c2)OCO3)N2CCOCC2)cc1. The van der Waals surface area contributed by atoms with Gasteiger partial charge in [-0.1, -0.05) is 12.1 Å². The minimum absolute atomic E-state index is 0.173. The fraction of sp³-hybridized carbons (Fsp3) is 0.400. The first-order valence-corrected chi connectivity index (χ1v) is 9.86. The van der Waals surface area contributed by atoms with Gasteiger partial charge in [0.2, 0.25) is 6.79 Å².